The monoisotopic (exact) mass is 466 g/mol. The molecule has 8 heteroatoms. The van der Waals surface area contributed by atoms with Crippen LogP contribution in [0, 0.1) is 5.92 Å². The van der Waals surface area contributed by atoms with Crippen molar-refractivity contribution >= 4 is 40.3 Å². The molecule has 2 N–H and O–H groups in total. The number of nitrogens with zero attached hydrogens (tertiary/aromatic N) is 2. The fourth-order valence-corrected chi connectivity index (χ4v) is 4.75. The highest BCUT2D eigenvalue weighted by Gasteiger charge is 2.33. The summed E-state index contributed by atoms with van der Waals surface area (Å²) in [5, 5.41) is 6.55. The molecule has 0 radical (unpaired) electrons. The lowest BCUT2D eigenvalue weighted by molar-refractivity contribution is -0.119. The van der Waals surface area contributed by atoms with E-state index in [1.54, 1.807) is 32.2 Å². The molecule has 0 saturated heterocycles. The Kier molecular flexibility index (Phi) is 7.13. The quantitative estimate of drug-likeness (QED) is 0.638. The highest BCUT2D eigenvalue weighted by Crippen LogP contribution is 2.33. The van der Waals surface area contributed by atoms with Gasteiger partial charge in [0.2, 0.25) is 6.17 Å². The molecule has 1 aliphatic heterocycles. The third-order valence-electron chi connectivity index (χ3n) is 6.29. The molecule has 4 rings (SSSR count). The number of hydrogen-bond acceptors (Lipinski definition) is 5. The van der Waals surface area contributed by atoms with E-state index in [2.05, 4.69) is 16.7 Å². The molecule has 2 aromatic rings. The summed E-state index contributed by atoms with van der Waals surface area (Å²) in [6.07, 6.45) is 4.98. The predicted molar refractivity (Wildman–Crippen MR) is 136 cm³/mol. The Hall–Kier alpha value is -3.13. The summed E-state index contributed by atoms with van der Waals surface area (Å²) in [5.41, 5.74) is 3.57. The van der Waals surface area contributed by atoms with Crippen molar-refractivity contribution in [2.24, 2.45) is 10.9 Å². The van der Waals surface area contributed by atoms with Crippen LogP contribution in [0.15, 0.2) is 47.5 Å². The van der Waals surface area contributed by atoms with Crippen molar-refractivity contribution in [1.82, 2.24) is 5.32 Å². The highest BCUT2D eigenvalue weighted by molar-refractivity contribution is 7.80. The predicted octanol–water partition coefficient (Wildman–Crippen LogP) is 4.36. The van der Waals surface area contributed by atoms with Crippen LogP contribution in [-0.2, 0) is 4.79 Å². The van der Waals surface area contributed by atoms with E-state index in [9.17, 15) is 4.79 Å². The van der Waals surface area contributed by atoms with Crippen LogP contribution < -0.4 is 25.0 Å². The number of anilines is 2. The molecule has 1 aliphatic carbocycles. The summed E-state index contributed by atoms with van der Waals surface area (Å²) in [6, 6.07) is 13.4. The molecule has 0 bridgehead atoms. The third-order valence-corrected chi connectivity index (χ3v) is 6.51. The zero-order chi connectivity index (χ0) is 23.4. The molecule has 174 valence electrons. The Labute approximate surface area is 200 Å². The van der Waals surface area contributed by atoms with Crippen LogP contribution in [0.5, 0.6) is 11.5 Å². The second-order valence-corrected chi connectivity index (χ2v) is 8.74. The van der Waals surface area contributed by atoms with Gasteiger partial charge in [0.1, 0.15) is 11.5 Å². The maximum atomic E-state index is 13.4. The van der Waals surface area contributed by atoms with Crippen LogP contribution in [0.25, 0.3) is 0 Å². The number of ether oxygens (including phenoxy) is 2. The zero-order valence-electron chi connectivity index (χ0n) is 19.3. The van der Waals surface area contributed by atoms with Gasteiger partial charge in [-0.3, -0.25) is 9.79 Å². The van der Waals surface area contributed by atoms with Crippen LogP contribution >= 0.6 is 12.2 Å². The van der Waals surface area contributed by atoms with E-state index in [4.69, 9.17) is 26.7 Å². The van der Waals surface area contributed by atoms with Crippen LogP contribution in [0.4, 0.5) is 11.4 Å². The van der Waals surface area contributed by atoms with Gasteiger partial charge in [0.25, 0.3) is 5.91 Å². The SMILES string of the molecule is COc1ccc(NC(=S)NC2N=C(C3CCCCC3)c3ccccc3N(C)C2=O)c(OC)c1. The zero-order valence-corrected chi connectivity index (χ0v) is 20.1. The van der Waals surface area contributed by atoms with Crippen molar-refractivity contribution in [2.75, 3.05) is 31.5 Å². The van der Waals surface area contributed by atoms with Crippen molar-refractivity contribution < 1.29 is 14.3 Å². The smallest absolute Gasteiger partial charge is 0.272 e. The Morgan fingerprint density at radius 3 is 2.58 bits per heavy atom. The van der Waals surface area contributed by atoms with Gasteiger partial charge in [-0.2, -0.15) is 0 Å². The Bertz CT molecular complexity index is 1070. The molecule has 1 atom stereocenters. The molecule has 1 fully saturated rings. The van der Waals surface area contributed by atoms with E-state index in [0.717, 1.165) is 29.8 Å². The molecule has 1 unspecified atom stereocenters. The molecule has 1 heterocycles. The highest BCUT2D eigenvalue weighted by atomic mass is 32.1. The second kappa shape index (κ2) is 10.2. The maximum absolute atomic E-state index is 13.4. The Balaban J connectivity index is 1.61. The number of rotatable bonds is 5. The van der Waals surface area contributed by atoms with Gasteiger partial charge < -0.3 is 25.0 Å². The fourth-order valence-electron chi connectivity index (χ4n) is 4.53. The number of carbonyl (C=O) groups is 1. The maximum Gasteiger partial charge on any atom is 0.272 e. The van der Waals surface area contributed by atoms with Gasteiger partial charge in [0, 0.05) is 24.6 Å². The van der Waals surface area contributed by atoms with Crippen LogP contribution in [0.3, 0.4) is 0 Å². The van der Waals surface area contributed by atoms with Crippen molar-refractivity contribution in [2.45, 2.75) is 38.3 Å². The lowest BCUT2D eigenvalue weighted by Gasteiger charge is -2.25. The second-order valence-electron chi connectivity index (χ2n) is 8.33. The van der Waals surface area contributed by atoms with Crippen LogP contribution in [0.1, 0.15) is 37.7 Å². The van der Waals surface area contributed by atoms with Gasteiger partial charge in [-0.1, -0.05) is 37.5 Å². The molecular weight excluding hydrogens is 436 g/mol. The number of carbonyl (C=O) groups excluding carboxylic acids is 1. The number of amides is 1. The van der Waals surface area contributed by atoms with Crippen molar-refractivity contribution in [3.63, 3.8) is 0 Å². The van der Waals surface area contributed by atoms with E-state index < -0.39 is 6.17 Å². The van der Waals surface area contributed by atoms with Gasteiger partial charge >= 0.3 is 0 Å². The molecular formula is C25H30N4O3S. The third kappa shape index (κ3) is 4.95. The first-order valence-electron chi connectivity index (χ1n) is 11.3. The van der Waals surface area contributed by atoms with Gasteiger partial charge in [-0.05, 0) is 43.3 Å². The summed E-state index contributed by atoms with van der Waals surface area (Å²) >= 11 is 5.55. The number of hydrogen-bond donors (Lipinski definition) is 2. The lowest BCUT2D eigenvalue weighted by Crippen LogP contribution is -2.47. The number of fused-ring (bicyclic) bond motifs is 1. The van der Waals surface area contributed by atoms with E-state index in [1.165, 1.54) is 19.3 Å². The van der Waals surface area contributed by atoms with Crippen molar-refractivity contribution in [3.05, 3.63) is 48.0 Å². The molecule has 7 nitrogen and oxygen atoms in total. The van der Waals surface area contributed by atoms with Gasteiger partial charge in [-0.25, -0.2) is 0 Å². The topological polar surface area (TPSA) is 75.2 Å². The number of benzene rings is 2. The minimum Gasteiger partial charge on any atom is -0.497 e. The Morgan fingerprint density at radius 1 is 1.09 bits per heavy atom. The summed E-state index contributed by atoms with van der Waals surface area (Å²) in [4.78, 5) is 20.0. The number of likely N-dealkylation sites (N-methyl/N-ethyl adjacent to an activating group) is 1. The van der Waals surface area contributed by atoms with Gasteiger partial charge in [0.05, 0.1) is 31.3 Å². The molecule has 2 aliphatic rings. The first kappa shape index (κ1) is 23.0. The number of thiocarbonyl (C=S) groups is 1. The van der Waals surface area contributed by atoms with E-state index in [-0.39, 0.29) is 5.91 Å². The summed E-state index contributed by atoms with van der Waals surface area (Å²) in [7, 11) is 4.97. The van der Waals surface area contributed by atoms with Crippen LogP contribution in [-0.4, -0.2) is 44.2 Å². The molecule has 0 aromatic heterocycles. The number of aliphatic imine (C=N–C) groups is 1. The number of nitrogens with one attached hydrogen (secondary N) is 2. The average Bonchev–Trinajstić information content (AvgIpc) is 2.95. The number of para-hydroxylation sites is 1. The summed E-state index contributed by atoms with van der Waals surface area (Å²) in [5.74, 6) is 1.45. The standard InChI is InChI=1S/C25H30N4O3S/c1-29-20-12-8-7-11-18(20)22(16-9-5-4-6-10-16)27-23(24(29)30)28-25(33)26-19-14-13-17(31-2)15-21(19)32-3/h7-8,11-16,23H,4-6,9-10H2,1-3H3,(H2,26,28,33). The minimum atomic E-state index is -0.816. The lowest BCUT2D eigenvalue weighted by atomic mass is 9.83. The Morgan fingerprint density at radius 2 is 1.85 bits per heavy atom. The number of methoxy groups -OCH3 is 2. The van der Waals surface area contributed by atoms with E-state index in [0.29, 0.717) is 28.2 Å². The molecule has 0 spiro atoms. The first-order chi connectivity index (χ1) is 16.0. The average molecular weight is 467 g/mol. The van der Waals surface area contributed by atoms with E-state index >= 15 is 0 Å². The summed E-state index contributed by atoms with van der Waals surface area (Å²) < 4.78 is 10.7. The normalized spacial score (nSPS) is 18.6. The first-order valence-corrected chi connectivity index (χ1v) is 11.7. The van der Waals surface area contributed by atoms with E-state index in [1.807, 2.05) is 30.3 Å². The fraction of sp³-hybridized carbons (Fsp3) is 0.400. The molecule has 1 saturated carbocycles. The largest absolute Gasteiger partial charge is 0.497 e. The van der Waals surface area contributed by atoms with Gasteiger partial charge in [0.15, 0.2) is 5.11 Å². The van der Waals surface area contributed by atoms with Crippen molar-refractivity contribution in [1.29, 1.82) is 0 Å². The number of benzodiazepines with no additional fused rings is 1. The van der Waals surface area contributed by atoms with Crippen molar-refractivity contribution in [3.8, 4) is 11.5 Å². The van der Waals surface area contributed by atoms with Gasteiger partial charge in [-0.15, -0.1) is 0 Å². The van der Waals surface area contributed by atoms with Crippen LogP contribution in [0.2, 0.25) is 0 Å². The minimum absolute atomic E-state index is 0.154. The summed E-state index contributed by atoms with van der Waals surface area (Å²) in [6.45, 7) is 0. The molecule has 33 heavy (non-hydrogen) atoms. The molecule has 1 amide bonds. The molecule has 2 aromatic carbocycles.